The highest BCUT2D eigenvalue weighted by Crippen LogP contribution is 2.25. The molecule has 0 saturated carbocycles. The maximum Gasteiger partial charge on any atom is 0.213 e. The van der Waals surface area contributed by atoms with Crippen molar-refractivity contribution in [1.29, 1.82) is 0 Å². The molecule has 6 nitrogen and oxygen atoms in total. The average molecular weight is 278 g/mol. The van der Waals surface area contributed by atoms with Gasteiger partial charge in [0.1, 0.15) is 17.3 Å². The molecule has 2 aromatic heterocycles. The molecule has 0 bridgehead atoms. The molecule has 0 atom stereocenters. The molecule has 0 radical (unpaired) electrons. The predicted molar refractivity (Wildman–Crippen MR) is 68.0 cm³/mol. The van der Waals surface area contributed by atoms with Gasteiger partial charge >= 0.3 is 0 Å². The predicted octanol–water partition coefficient (Wildman–Crippen LogP) is 1.15. The molecular weight excluding hydrogens is 266 g/mol. The highest BCUT2D eigenvalue weighted by Gasteiger charge is 2.09. The third-order valence-electron chi connectivity index (χ3n) is 2.28. The Balaban J connectivity index is 2.21. The van der Waals surface area contributed by atoms with Crippen LogP contribution in [0.1, 0.15) is 24.3 Å². The number of hydrogen-bond acceptors (Lipinski definition) is 6. The molecular formula is C12H12N3O3S-. The number of aromatic nitrogens is 3. The second kappa shape index (κ2) is 5.75. The summed E-state index contributed by atoms with van der Waals surface area (Å²) < 4.78 is 5.30. The van der Waals surface area contributed by atoms with Crippen LogP contribution in [-0.2, 0) is 11.2 Å². The van der Waals surface area contributed by atoms with Gasteiger partial charge in [0, 0.05) is 11.3 Å². The van der Waals surface area contributed by atoms with E-state index in [1.54, 1.807) is 19.1 Å². The van der Waals surface area contributed by atoms with Crippen molar-refractivity contribution in [3.05, 3.63) is 34.4 Å². The smallest absolute Gasteiger partial charge is 0.213 e. The molecule has 1 N–H and O–H groups in total. The Bertz CT molecular complexity index is 615. The van der Waals surface area contributed by atoms with Crippen LogP contribution in [0.15, 0.2) is 26.6 Å². The molecule has 0 aliphatic heterocycles. The van der Waals surface area contributed by atoms with Gasteiger partial charge in [-0.3, -0.25) is 5.10 Å². The lowest BCUT2D eigenvalue weighted by Crippen LogP contribution is -2.23. The zero-order valence-electron chi connectivity index (χ0n) is 10.5. The summed E-state index contributed by atoms with van der Waals surface area (Å²) in [5.41, 5.74) is 0. The first-order valence-corrected chi connectivity index (χ1v) is 6.48. The minimum atomic E-state index is -1.29. The number of carbonyl (C=O) groups is 1. The number of aryl methyl sites for hydroxylation is 2. The van der Waals surface area contributed by atoms with Gasteiger partial charge in [-0.1, -0.05) is 6.92 Å². The number of aromatic amines is 1. The number of rotatable bonds is 5. The van der Waals surface area contributed by atoms with Gasteiger partial charge in [0.2, 0.25) is 5.16 Å². The lowest BCUT2D eigenvalue weighted by atomic mass is 10.4. The lowest BCUT2D eigenvalue weighted by Gasteiger charge is -2.04. The van der Waals surface area contributed by atoms with E-state index in [-0.39, 0.29) is 4.91 Å². The van der Waals surface area contributed by atoms with E-state index in [0.29, 0.717) is 28.9 Å². The van der Waals surface area contributed by atoms with Crippen LogP contribution < -0.4 is 5.11 Å². The molecule has 0 aromatic carbocycles. The Labute approximate surface area is 113 Å². The van der Waals surface area contributed by atoms with E-state index in [1.807, 2.05) is 6.92 Å². The quantitative estimate of drug-likeness (QED) is 0.651. The third kappa shape index (κ3) is 3.47. The normalized spacial score (nSPS) is 11.8. The molecule has 0 aliphatic carbocycles. The van der Waals surface area contributed by atoms with Crippen molar-refractivity contribution < 1.29 is 14.3 Å². The summed E-state index contributed by atoms with van der Waals surface area (Å²) in [6, 6.07) is 3.44. The maximum atomic E-state index is 11.1. The highest BCUT2D eigenvalue weighted by atomic mass is 32.2. The van der Waals surface area contributed by atoms with Crippen LogP contribution in [0.2, 0.25) is 0 Å². The first-order valence-electron chi connectivity index (χ1n) is 5.67. The van der Waals surface area contributed by atoms with Gasteiger partial charge in [0.15, 0.2) is 0 Å². The van der Waals surface area contributed by atoms with Crippen molar-refractivity contribution >= 4 is 23.8 Å². The van der Waals surface area contributed by atoms with Crippen LogP contribution in [0.4, 0.5) is 0 Å². The fourth-order valence-corrected chi connectivity index (χ4v) is 2.07. The van der Waals surface area contributed by atoms with Crippen LogP contribution in [0.25, 0.3) is 6.08 Å². The molecule has 2 aromatic rings. The van der Waals surface area contributed by atoms with E-state index in [1.165, 1.54) is 6.08 Å². The summed E-state index contributed by atoms with van der Waals surface area (Å²) in [6.45, 7) is 3.71. The van der Waals surface area contributed by atoms with Gasteiger partial charge in [-0.05, 0) is 36.9 Å². The summed E-state index contributed by atoms with van der Waals surface area (Å²) in [4.78, 5) is 15.2. The summed E-state index contributed by atoms with van der Waals surface area (Å²) in [5.74, 6) is 0.575. The summed E-state index contributed by atoms with van der Waals surface area (Å²) in [7, 11) is 0. The number of carboxylic acid groups (broad SMARTS) is 1. The van der Waals surface area contributed by atoms with Crippen molar-refractivity contribution in [1.82, 2.24) is 15.2 Å². The summed E-state index contributed by atoms with van der Waals surface area (Å²) in [6.07, 6.45) is 2.10. The number of thioether (sulfide) groups is 1. The van der Waals surface area contributed by atoms with Crippen LogP contribution in [0, 0.1) is 6.92 Å². The van der Waals surface area contributed by atoms with Gasteiger partial charge < -0.3 is 14.3 Å². The fraction of sp³-hybridized carbons (Fsp3) is 0.250. The molecule has 2 heterocycles. The molecule has 0 fully saturated rings. The number of H-pyrrole nitrogens is 1. The Morgan fingerprint density at radius 2 is 2.37 bits per heavy atom. The third-order valence-corrected chi connectivity index (χ3v) is 3.15. The lowest BCUT2D eigenvalue weighted by molar-refractivity contribution is -0.298. The number of hydrogen-bond donors (Lipinski definition) is 1. The molecule has 0 saturated heterocycles. The van der Waals surface area contributed by atoms with Gasteiger partial charge in [-0.15, -0.1) is 5.10 Å². The minimum Gasteiger partial charge on any atom is -0.544 e. The highest BCUT2D eigenvalue weighted by molar-refractivity contribution is 8.04. The molecule has 0 spiro atoms. The first-order chi connectivity index (χ1) is 9.08. The SMILES string of the molecule is CCc1nc(S/C(=C/c2ccc(C)o2)C(=O)[O-])n[nH]1. The van der Waals surface area contributed by atoms with Gasteiger partial charge in [0.05, 0.1) is 5.97 Å². The average Bonchev–Trinajstić information content (AvgIpc) is 2.97. The molecule has 100 valence electrons. The van der Waals surface area contributed by atoms with Crippen LogP contribution in [-0.4, -0.2) is 21.2 Å². The van der Waals surface area contributed by atoms with Gasteiger partial charge in [-0.2, -0.15) is 0 Å². The van der Waals surface area contributed by atoms with Crippen molar-refractivity contribution in [2.75, 3.05) is 0 Å². The van der Waals surface area contributed by atoms with E-state index in [0.717, 1.165) is 11.8 Å². The number of nitrogens with one attached hydrogen (secondary N) is 1. The van der Waals surface area contributed by atoms with Crippen molar-refractivity contribution in [2.24, 2.45) is 0 Å². The first kappa shape index (κ1) is 13.4. The van der Waals surface area contributed by atoms with Crippen LogP contribution in [0.3, 0.4) is 0 Å². The van der Waals surface area contributed by atoms with E-state index < -0.39 is 5.97 Å². The van der Waals surface area contributed by atoms with E-state index >= 15 is 0 Å². The van der Waals surface area contributed by atoms with Crippen molar-refractivity contribution in [3.8, 4) is 0 Å². The summed E-state index contributed by atoms with van der Waals surface area (Å²) >= 11 is 0.923. The number of nitrogens with zero attached hydrogens (tertiary/aromatic N) is 2. The van der Waals surface area contributed by atoms with E-state index in [2.05, 4.69) is 15.2 Å². The topological polar surface area (TPSA) is 94.8 Å². The number of furan rings is 1. The Hall–Kier alpha value is -2.02. The molecule has 0 amide bonds. The second-order valence-corrected chi connectivity index (χ2v) is 4.77. The molecule has 0 unspecified atom stereocenters. The molecule has 0 aliphatic rings. The fourth-order valence-electron chi connectivity index (χ4n) is 1.37. The largest absolute Gasteiger partial charge is 0.544 e. The maximum absolute atomic E-state index is 11.1. The minimum absolute atomic E-state index is 0.00370. The molecule has 19 heavy (non-hydrogen) atoms. The van der Waals surface area contributed by atoms with Gasteiger partial charge in [-0.25, -0.2) is 4.98 Å². The van der Waals surface area contributed by atoms with Crippen molar-refractivity contribution in [2.45, 2.75) is 25.4 Å². The van der Waals surface area contributed by atoms with E-state index in [4.69, 9.17) is 4.42 Å². The standard InChI is InChI=1S/C12H13N3O3S/c1-3-10-13-12(15-14-10)19-9(11(16)17)6-8-5-4-7(2)18-8/h4-6H,3H2,1-2H3,(H,16,17)(H,13,14,15)/p-1/b9-6+. The van der Waals surface area contributed by atoms with Crippen LogP contribution in [0.5, 0.6) is 0 Å². The summed E-state index contributed by atoms with van der Waals surface area (Å²) in [5, 5.41) is 18.1. The Kier molecular flexibility index (Phi) is 4.06. The zero-order valence-corrected chi connectivity index (χ0v) is 11.3. The van der Waals surface area contributed by atoms with Gasteiger partial charge in [0.25, 0.3) is 0 Å². The zero-order chi connectivity index (χ0) is 13.8. The second-order valence-electron chi connectivity index (χ2n) is 3.76. The van der Waals surface area contributed by atoms with Crippen LogP contribution >= 0.6 is 11.8 Å². The number of aliphatic carboxylic acids is 1. The Morgan fingerprint density at radius 1 is 1.58 bits per heavy atom. The molecule has 2 rings (SSSR count). The van der Waals surface area contributed by atoms with Crippen molar-refractivity contribution in [3.63, 3.8) is 0 Å². The number of carbonyl (C=O) groups excluding carboxylic acids is 1. The number of carboxylic acids is 1. The Morgan fingerprint density at radius 3 is 2.89 bits per heavy atom. The molecule has 7 heteroatoms. The monoisotopic (exact) mass is 278 g/mol. The van der Waals surface area contributed by atoms with E-state index in [9.17, 15) is 9.90 Å².